The Morgan fingerprint density at radius 2 is 2.03 bits per heavy atom. The maximum atomic E-state index is 12.8. The molecule has 4 aromatic rings. The number of imidazole rings is 1. The van der Waals surface area contributed by atoms with Gasteiger partial charge in [-0.05, 0) is 55.5 Å². The second-order valence-corrected chi connectivity index (χ2v) is 9.61. The predicted octanol–water partition coefficient (Wildman–Crippen LogP) is 4.80. The molecule has 0 radical (unpaired) electrons. The maximum Gasteiger partial charge on any atom is 0.229 e. The number of fused-ring (bicyclic) bond motifs is 2. The van der Waals surface area contributed by atoms with E-state index in [0.29, 0.717) is 16.3 Å². The molecule has 3 N–H and O–H groups in total. The molecule has 0 saturated heterocycles. The molecule has 3 heterocycles. The Labute approximate surface area is 189 Å². The number of nitrogen functional groups attached to an aromatic ring is 1. The number of aromatic nitrogens is 5. The van der Waals surface area contributed by atoms with E-state index in [1.54, 1.807) is 6.33 Å². The maximum absolute atomic E-state index is 12.8. The Morgan fingerprint density at radius 3 is 2.83 bits per heavy atom. The van der Waals surface area contributed by atoms with Crippen LogP contribution in [-0.4, -0.2) is 30.4 Å². The quantitative estimate of drug-likeness (QED) is 0.386. The number of anilines is 2. The molecule has 1 saturated carbocycles. The minimum Gasteiger partial charge on any atom is -0.382 e. The minimum atomic E-state index is -0.0435. The molecule has 1 fully saturated rings. The molecule has 1 aliphatic rings. The summed E-state index contributed by atoms with van der Waals surface area (Å²) in [4.78, 5) is 29.9. The Bertz CT molecular complexity index is 1260. The molecular weight excluding hydrogens is 490 g/mol. The topological polar surface area (TPSA) is 112 Å². The predicted molar refractivity (Wildman–Crippen MR) is 122 cm³/mol. The van der Waals surface area contributed by atoms with Gasteiger partial charge >= 0.3 is 0 Å². The van der Waals surface area contributed by atoms with Gasteiger partial charge in [-0.1, -0.05) is 27.3 Å². The number of nitrogens with one attached hydrogen (secondary N) is 1. The zero-order valence-corrected chi connectivity index (χ0v) is 18.8. The number of carbonyl (C=O) groups excluding carboxylic acids is 1. The fourth-order valence-corrected chi connectivity index (χ4v) is 5.55. The van der Waals surface area contributed by atoms with Crippen molar-refractivity contribution in [3.8, 4) is 0 Å². The van der Waals surface area contributed by atoms with Gasteiger partial charge in [-0.25, -0.2) is 9.97 Å². The van der Waals surface area contributed by atoms with E-state index in [2.05, 4.69) is 41.2 Å². The second kappa shape index (κ2) is 7.75. The first-order valence-corrected chi connectivity index (χ1v) is 11.5. The molecule has 0 unspecified atom stereocenters. The molecule has 3 aromatic heterocycles. The molecule has 11 heteroatoms. The van der Waals surface area contributed by atoms with Gasteiger partial charge in [-0.2, -0.15) is 9.97 Å². The van der Waals surface area contributed by atoms with E-state index in [0.717, 1.165) is 40.4 Å². The summed E-state index contributed by atoms with van der Waals surface area (Å²) in [6.07, 6.45) is 4.98. The van der Waals surface area contributed by atoms with E-state index in [-0.39, 0.29) is 29.0 Å². The third-order valence-electron chi connectivity index (χ3n) is 5.46. The lowest BCUT2D eigenvalue weighted by Gasteiger charge is -2.28. The van der Waals surface area contributed by atoms with Crippen LogP contribution in [0.15, 0.2) is 29.0 Å². The van der Waals surface area contributed by atoms with Crippen molar-refractivity contribution in [2.75, 3.05) is 11.1 Å². The fraction of sp³-hybridized carbons (Fsp3) is 0.316. The number of carbonyl (C=O) groups is 1. The molecule has 30 heavy (non-hydrogen) atoms. The van der Waals surface area contributed by atoms with E-state index in [9.17, 15) is 4.79 Å². The van der Waals surface area contributed by atoms with Crippen molar-refractivity contribution in [3.63, 3.8) is 0 Å². The first-order valence-electron chi connectivity index (χ1n) is 9.50. The monoisotopic (exact) mass is 505 g/mol. The molecule has 0 bridgehead atoms. The third kappa shape index (κ3) is 3.63. The molecule has 5 rings (SSSR count). The lowest BCUT2D eigenvalue weighted by Crippen LogP contribution is -2.28. The summed E-state index contributed by atoms with van der Waals surface area (Å²) < 4.78 is 4.03. The van der Waals surface area contributed by atoms with E-state index in [1.165, 1.54) is 11.3 Å². The highest BCUT2D eigenvalue weighted by Gasteiger charge is 2.29. The number of rotatable bonds is 3. The Balaban J connectivity index is 1.27. The molecule has 1 amide bonds. The number of hydrogen-bond acceptors (Lipinski definition) is 7. The summed E-state index contributed by atoms with van der Waals surface area (Å²) in [6, 6.07) is 6.09. The van der Waals surface area contributed by atoms with Crippen molar-refractivity contribution >= 4 is 77.1 Å². The van der Waals surface area contributed by atoms with E-state index >= 15 is 0 Å². The molecule has 154 valence electrons. The zero-order chi connectivity index (χ0) is 20.8. The first-order chi connectivity index (χ1) is 14.5. The van der Waals surface area contributed by atoms with Gasteiger partial charge in [-0.3, -0.25) is 4.79 Å². The third-order valence-corrected chi connectivity index (χ3v) is 7.06. The van der Waals surface area contributed by atoms with Crippen LogP contribution in [-0.2, 0) is 4.79 Å². The SMILES string of the molecule is Nc1nc(Cl)nc2c1ncn2C1CCC(C(=O)Nc2nc3ccc(Br)cc3s2)CC1. The smallest absolute Gasteiger partial charge is 0.229 e. The minimum absolute atomic E-state index is 0.0247. The van der Waals surface area contributed by atoms with Crippen LogP contribution >= 0.6 is 38.9 Å². The van der Waals surface area contributed by atoms with E-state index in [1.807, 2.05) is 22.8 Å². The summed E-state index contributed by atoms with van der Waals surface area (Å²) in [5.74, 6) is 0.259. The van der Waals surface area contributed by atoms with Crippen molar-refractivity contribution in [1.29, 1.82) is 0 Å². The highest BCUT2D eigenvalue weighted by Crippen LogP contribution is 2.36. The van der Waals surface area contributed by atoms with Crippen molar-refractivity contribution in [2.45, 2.75) is 31.7 Å². The standard InChI is InChI=1S/C19H17BrClN7OS/c20-10-3-6-12-13(7-10)30-19(24-12)27-17(29)9-1-4-11(5-2-9)28-8-23-14-15(22)25-18(21)26-16(14)28/h3,6-9,11H,1-2,4-5H2,(H2,22,25,26)(H,24,27,29). The zero-order valence-electron chi connectivity index (χ0n) is 15.7. The van der Waals surface area contributed by atoms with E-state index in [4.69, 9.17) is 17.3 Å². The van der Waals surface area contributed by atoms with Crippen LogP contribution in [0.2, 0.25) is 5.28 Å². The average molecular weight is 507 g/mol. The van der Waals surface area contributed by atoms with Crippen molar-refractivity contribution < 1.29 is 4.79 Å². The highest BCUT2D eigenvalue weighted by molar-refractivity contribution is 9.10. The van der Waals surface area contributed by atoms with Crippen LogP contribution in [0.4, 0.5) is 10.9 Å². The van der Waals surface area contributed by atoms with Gasteiger partial charge in [-0.15, -0.1) is 0 Å². The van der Waals surface area contributed by atoms with Crippen molar-refractivity contribution in [3.05, 3.63) is 34.3 Å². The Kier molecular flexibility index (Phi) is 5.08. The fourth-order valence-electron chi connectivity index (χ4n) is 3.95. The van der Waals surface area contributed by atoms with Crippen LogP contribution in [0.5, 0.6) is 0 Å². The lowest BCUT2D eigenvalue weighted by molar-refractivity contribution is -0.120. The first kappa shape index (κ1) is 19.7. The van der Waals surface area contributed by atoms with Crippen LogP contribution in [0.25, 0.3) is 21.4 Å². The van der Waals surface area contributed by atoms with Crippen molar-refractivity contribution in [1.82, 2.24) is 24.5 Å². The molecule has 8 nitrogen and oxygen atoms in total. The van der Waals surface area contributed by atoms with Crippen LogP contribution in [0, 0.1) is 5.92 Å². The second-order valence-electron chi connectivity index (χ2n) is 7.33. The number of benzene rings is 1. The van der Waals surface area contributed by atoms with Gasteiger partial charge in [0.25, 0.3) is 0 Å². The Morgan fingerprint density at radius 1 is 1.23 bits per heavy atom. The van der Waals surface area contributed by atoms with Gasteiger partial charge < -0.3 is 15.6 Å². The molecule has 0 atom stereocenters. The lowest BCUT2D eigenvalue weighted by atomic mass is 9.85. The summed E-state index contributed by atoms with van der Waals surface area (Å²) >= 11 is 10.9. The summed E-state index contributed by atoms with van der Waals surface area (Å²) in [6.45, 7) is 0. The summed E-state index contributed by atoms with van der Waals surface area (Å²) in [5.41, 5.74) is 7.98. The normalized spacial score (nSPS) is 19.4. The number of nitrogens with two attached hydrogens (primary N) is 1. The number of nitrogens with zero attached hydrogens (tertiary/aromatic N) is 5. The van der Waals surface area contributed by atoms with Gasteiger partial charge in [0.2, 0.25) is 11.2 Å². The molecule has 0 spiro atoms. The van der Waals surface area contributed by atoms with Gasteiger partial charge in [0.1, 0.15) is 5.52 Å². The van der Waals surface area contributed by atoms with Crippen LogP contribution < -0.4 is 11.1 Å². The Hall–Kier alpha value is -2.30. The van der Waals surface area contributed by atoms with Crippen LogP contribution in [0.1, 0.15) is 31.7 Å². The molecule has 0 aliphatic heterocycles. The number of hydrogen-bond donors (Lipinski definition) is 2. The number of thiazole rings is 1. The number of amides is 1. The van der Waals surface area contributed by atoms with Gasteiger partial charge in [0, 0.05) is 16.4 Å². The largest absolute Gasteiger partial charge is 0.382 e. The molecular formula is C19H17BrClN7OS. The number of halogens is 2. The average Bonchev–Trinajstić information content (AvgIpc) is 3.31. The van der Waals surface area contributed by atoms with Gasteiger partial charge in [0.15, 0.2) is 16.6 Å². The van der Waals surface area contributed by atoms with Crippen LogP contribution in [0.3, 0.4) is 0 Å². The molecule has 1 aromatic carbocycles. The summed E-state index contributed by atoms with van der Waals surface area (Å²) in [5, 5.41) is 3.74. The van der Waals surface area contributed by atoms with Crippen molar-refractivity contribution in [2.24, 2.45) is 5.92 Å². The molecule has 1 aliphatic carbocycles. The summed E-state index contributed by atoms with van der Waals surface area (Å²) in [7, 11) is 0. The van der Waals surface area contributed by atoms with E-state index < -0.39 is 0 Å². The van der Waals surface area contributed by atoms with Gasteiger partial charge in [0.05, 0.1) is 16.5 Å². The highest BCUT2D eigenvalue weighted by atomic mass is 79.9.